The number of carboxylic acids is 1. The minimum Gasteiger partial charge on any atom is -0.480 e. The average molecular weight is 387 g/mol. The number of imide groups is 1. The highest BCUT2D eigenvalue weighted by molar-refractivity contribution is 6.05. The number of aliphatic carboxylic acids is 1. The Bertz CT molecular complexity index is 766. The van der Waals surface area contributed by atoms with E-state index in [0.717, 1.165) is 16.0 Å². The van der Waals surface area contributed by atoms with Crippen LogP contribution in [0.25, 0.3) is 0 Å². The Morgan fingerprint density at radius 2 is 1.93 bits per heavy atom. The first kappa shape index (κ1) is 19.9. The maximum atomic E-state index is 12.7. The van der Waals surface area contributed by atoms with Gasteiger partial charge in [-0.1, -0.05) is 44.5 Å². The Morgan fingerprint density at radius 1 is 1.25 bits per heavy atom. The highest BCUT2D eigenvalue weighted by Gasteiger charge is 2.46. The molecule has 8 heteroatoms. The molecule has 28 heavy (non-hydrogen) atoms. The number of urea groups is 1. The van der Waals surface area contributed by atoms with E-state index in [4.69, 9.17) is 0 Å². The number of carboxylic acid groups (broad SMARTS) is 1. The monoisotopic (exact) mass is 387 g/mol. The summed E-state index contributed by atoms with van der Waals surface area (Å²) in [6.45, 7) is 3.92. The lowest BCUT2D eigenvalue weighted by Gasteiger charge is -2.28. The molecule has 1 unspecified atom stereocenters. The summed E-state index contributed by atoms with van der Waals surface area (Å²) in [6.07, 6.45) is 0.960. The van der Waals surface area contributed by atoms with Crippen molar-refractivity contribution in [1.29, 1.82) is 0 Å². The second-order valence-corrected chi connectivity index (χ2v) is 7.41. The van der Waals surface area contributed by atoms with E-state index in [1.54, 1.807) is 11.8 Å². The number of hydrogen-bond donors (Lipinski definition) is 2. The highest BCUT2D eigenvalue weighted by atomic mass is 16.4. The van der Waals surface area contributed by atoms with E-state index < -0.39 is 30.0 Å². The number of carbonyl (C=O) groups excluding carboxylic acids is 3. The summed E-state index contributed by atoms with van der Waals surface area (Å²) >= 11 is 0. The maximum Gasteiger partial charge on any atom is 0.327 e. The first-order valence-electron chi connectivity index (χ1n) is 9.54. The summed E-state index contributed by atoms with van der Waals surface area (Å²) in [5, 5.41) is 11.8. The van der Waals surface area contributed by atoms with Gasteiger partial charge in [0.1, 0.15) is 12.1 Å². The van der Waals surface area contributed by atoms with Crippen molar-refractivity contribution in [1.82, 2.24) is 15.1 Å². The van der Waals surface area contributed by atoms with Crippen LogP contribution in [0.3, 0.4) is 0 Å². The number of amides is 4. The summed E-state index contributed by atoms with van der Waals surface area (Å²) in [5.41, 5.74) is 2.08. The van der Waals surface area contributed by atoms with Gasteiger partial charge in [0.15, 0.2) is 0 Å². The third-order valence-electron chi connectivity index (χ3n) is 5.63. The van der Waals surface area contributed by atoms with Crippen LogP contribution in [0.1, 0.15) is 37.8 Å². The van der Waals surface area contributed by atoms with Crippen molar-refractivity contribution in [2.24, 2.45) is 5.92 Å². The predicted molar refractivity (Wildman–Crippen MR) is 100 cm³/mol. The summed E-state index contributed by atoms with van der Waals surface area (Å²) in [4.78, 5) is 51.5. The quantitative estimate of drug-likeness (QED) is 0.688. The summed E-state index contributed by atoms with van der Waals surface area (Å²) in [7, 11) is 0. The third kappa shape index (κ3) is 3.72. The fraction of sp³-hybridized carbons (Fsp3) is 0.500. The first-order chi connectivity index (χ1) is 13.3. The molecule has 0 spiro atoms. The van der Waals surface area contributed by atoms with Crippen LogP contribution in [0, 0.1) is 5.92 Å². The molecule has 0 saturated carbocycles. The molecule has 0 aliphatic carbocycles. The molecular weight excluding hydrogens is 362 g/mol. The predicted octanol–water partition coefficient (Wildman–Crippen LogP) is 1.38. The molecule has 2 N–H and O–H groups in total. The molecule has 0 bridgehead atoms. The number of nitrogens with zero attached hydrogens (tertiary/aromatic N) is 2. The van der Waals surface area contributed by atoms with Crippen molar-refractivity contribution in [3.8, 4) is 0 Å². The van der Waals surface area contributed by atoms with E-state index in [0.29, 0.717) is 19.4 Å². The van der Waals surface area contributed by atoms with Crippen molar-refractivity contribution in [2.45, 2.75) is 51.7 Å². The van der Waals surface area contributed by atoms with Gasteiger partial charge in [-0.3, -0.25) is 14.5 Å². The van der Waals surface area contributed by atoms with Crippen LogP contribution in [-0.2, 0) is 27.3 Å². The Hall–Kier alpha value is -2.90. The molecule has 0 radical (unpaired) electrons. The van der Waals surface area contributed by atoms with Gasteiger partial charge in [-0.25, -0.2) is 9.59 Å². The minimum atomic E-state index is -1.09. The van der Waals surface area contributed by atoms with Gasteiger partial charge < -0.3 is 15.3 Å². The van der Waals surface area contributed by atoms with E-state index in [9.17, 15) is 24.3 Å². The number of fused-ring (bicyclic) bond motifs is 2. The highest BCUT2D eigenvalue weighted by Crippen LogP contribution is 2.30. The van der Waals surface area contributed by atoms with E-state index in [2.05, 4.69) is 5.32 Å². The summed E-state index contributed by atoms with van der Waals surface area (Å²) in [6, 6.07) is 5.81. The summed E-state index contributed by atoms with van der Waals surface area (Å²) in [5.74, 6) is -2.10. The van der Waals surface area contributed by atoms with Gasteiger partial charge in [0, 0.05) is 25.9 Å². The van der Waals surface area contributed by atoms with Gasteiger partial charge in [0.2, 0.25) is 5.91 Å². The lowest BCUT2D eigenvalue weighted by molar-refractivity contribution is -0.143. The lowest BCUT2D eigenvalue weighted by Crippen LogP contribution is -2.46. The molecule has 1 saturated heterocycles. The molecule has 0 aromatic heterocycles. The van der Waals surface area contributed by atoms with Crippen LogP contribution < -0.4 is 5.32 Å². The van der Waals surface area contributed by atoms with E-state index in [-0.39, 0.29) is 24.8 Å². The Kier molecular flexibility index (Phi) is 5.67. The Morgan fingerprint density at radius 3 is 2.57 bits per heavy atom. The van der Waals surface area contributed by atoms with Crippen molar-refractivity contribution in [2.75, 3.05) is 6.54 Å². The molecule has 3 rings (SSSR count). The third-order valence-corrected chi connectivity index (χ3v) is 5.63. The molecule has 4 amide bonds. The smallest absolute Gasteiger partial charge is 0.327 e. The Balaban J connectivity index is 1.61. The van der Waals surface area contributed by atoms with Crippen LogP contribution in [0.4, 0.5) is 4.79 Å². The standard InChI is InChI=1S/C20H25N3O5/c1-3-12(2)17(19(26)27)21-16(24)8-9-22-18(25)15-10-13-6-4-5-7-14(13)11-23(15)20(22)28/h4-7,12,15,17H,3,8-11H2,1-2H3,(H,21,24)(H,26,27)/t12?,15-,17-/m0/s1. The van der Waals surface area contributed by atoms with E-state index >= 15 is 0 Å². The molecule has 2 heterocycles. The SMILES string of the molecule is CCC(C)[C@H](NC(=O)CCN1C(=O)[C@@H]2Cc3ccccc3CN2C1=O)C(=O)O. The fourth-order valence-corrected chi connectivity index (χ4v) is 3.72. The molecule has 1 fully saturated rings. The van der Waals surface area contributed by atoms with Crippen molar-refractivity contribution < 1.29 is 24.3 Å². The van der Waals surface area contributed by atoms with Crippen LogP contribution in [0.2, 0.25) is 0 Å². The van der Waals surface area contributed by atoms with Gasteiger partial charge in [0.25, 0.3) is 5.91 Å². The average Bonchev–Trinajstić information content (AvgIpc) is 2.91. The zero-order valence-electron chi connectivity index (χ0n) is 16.1. The number of nitrogens with one attached hydrogen (secondary N) is 1. The molecule has 2 aliphatic heterocycles. The van der Waals surface area contributed by atoms with Crippen LogP contribution in [0.15, 0.2) is 24.3 Å². The van der Waals surface area contributed by atoms with Crippen LogP contribution in [0.5, 0.6) is 0 Å². The van der Waals surface area contributed by atoms with Crippen LogP contribution in [-0.4, -0.2) is 57.3 Å². The molecule has 2 aliphatic rings. The zero-order chi connectivity index (χ0) is 20.4. The molecule has 3 atom stereocenters. The van der Waals surface area contributed by atoms with Gasteiger partial charge in [-0.15, -0.1) is 0 Å². The fourth-order valence-electron chi connectivity index (χ4n) is 3.72. The summed E-state index contributed by atoms with van der Waals surface area (Å²) < 4.78 is 0. The van der Waals surface area contributed by atoms with E-state index in [1.165, 1.54) is 0 Å². The first-order valence-corrected chi connectivity index (χ1v) is 9.54. The molecule has 1 aromatic rings. The molecule has 8 nitrogen and oxygen atoms in total. The second-order valence-electron chi connectivity index (χ2n) is 7.41. The van der Waals surface area contributed by atoms with Crippen LogP contribution >= 0.6 is 0 Å². The topological polar surface area (TPSA) is 107 Å². The Labute approximate surface area is 163 Å². The van der Waals surface area contributed by atoms with Crippen molar-refractivity contribution >= 4 is 23.8 Å². The second kappa shape index (κ2) is 8.00. The van der Waals surface area contributed by atoms with Gasteiger partial charge in [0.05, 0.1) is 0 Å². The number of carbonyl (C=O) groups is 4. The number of rotatable bonds is 7. The normalized spacial score (nSPS) is 20.4. The maximum absolute atomic E-state index is 12.7. The largest absolute Gasteiger partial charge is 0.480 e. The van der Waals surface area contributed by atoms with Gasteiger partial charge in [-0.05, 0) is 17.0 Å². The molecular formula is C20H25N3O5. The molecule has 150 valence electrons. The van der Waals surface area contributed by atoms with E-state index in [1.807, 2.05) is 31.2 Å². The van der Waals surface area contributed by atoms with Crippen molar-refractivity contribution in [3.05, 3.63) is 35.4 Å². The van der Waals surface area contributed by atoms with Crippen molar-refractivity contribution in [3.63, 3.8) is 0 Å². The zero-order valence-corrected chi connectivity index (χ0v) is 16.1. The number of benzene rings is 1. The van der Waals surface area contributed by atoms with Gasteiger partial charge in [-0.2, -0.15) is 0 Å². The molecule has 1 aromatic carbocycles. The van der Waals surface area contributed by atoms with Gasteiger partial charge >= 0.3 is 12.0 Å². The minimum absolute atomic E-state index is 0.0559. The lowest BCUT2D eigenvalue weighted by atomic mass is 9.95. The number of hydrogen-bond acceptors (Lipinski definition) is 4.